The molecule has 4 N–H and O–H groups in total. The molecule has 180 valence electrons. The Hall–Kier alpha value is -4.03. The monoisotopic (exact) mass is 492 g/mol. The van der Waals surface area contributed by atoms with Crippen molar-refractivity contribution in [1.82, 2.24) is 19.9 Å². The highest BCUT2D eigenvalue weighted by atomic mass is 32.2. The Morgan fingerprint density at radius 2 is 1.83 bits per heavy atom. The number of nitrogens with two attached hydrogens (primary N) is 1. The van der Waals surface area contributed by atoms with Gasteiger partial charge in [0.05, 0.1) is 48.3 Å². The number of aromatic nitrogens is 4. The minimum atomic E-state index is -3.56. The minimum Gasteiger partial charge on any atom is -0.384 e. The fourth-order valence-corrected chi connectivity index (χ4v) is 4.36. The van der Waals surface area contributed by atoms with Gasteiger partial charge in [0.15, 0.2) is 0 Å². The van der Waals surface area contributed by atoms with E-state index in [1.807, 2.05) is 35.2 Å². The predicted molar refractivity (Wildman–Crippen MR) is 136 cm³/mol. The van der Waals surface area contributed by atoms with Gasteiger partial charge in [-0.3, -0.25) is 9.71 Å². The van der Waals surface area contributed by atoms with Gasteiger partial charge in [0.1, 0.15) is 11.6 Å². The number of sulfonamides is 1. The first-order chi connectivity index (χ1) is 16.8. The van der Waals surface area contributed by atoms with Crippen molar-refractivity contribution in [2.45, 2.75) is 0 Å². The van der Waals surface area contributed by atoms with Crippen LogP contribution in [0.4, 0.5) is 29.0 Å². The summed E-state index contributed by atoms with van der Waals surface area (Å²) >= 11 is 0. The van der Waals surface area contributed by atoms with Crippen LogP contribution in [0.2, 0.25) is 0 Å². The van der Waals surface area contributed by atoms with Crippen LogP contribution < -0.4 is 20.7 Å². The molecule has 5 rings (SSSR count). The van der Waals surface area contributed by atoms with E-state index in [1.54, 1.807) is 12.3 Å². The van der Waals surface area contributed by atoms with E-state index in [2.05, 4.69) is 20.0 Å². The van der Waals surface area contributed by atoms with Crippen molar-refractivity contribution < 1.29 is 13.2 Å². The zero-order valence-corrected chi connectivity index (χ0v) is 19.8. The van der Waals surface area contributed by atoms with Crippen LogP contribution in [0.15, 0.2) is 54.9 Å². The quantitative estimate of drug-likeness (QED) is 0.367. The van der Waals surface area contributed by atoms with E-state index < -0.39 is 10.0 Å². The number of ether oxygens (including phenoxy) is 1. The van der Waals surface area contributed by atoms with Crippen molar-refractivity contribution in [1.29, 1.82) is 0 Å². The molecule has 35 heavy (non-hydrogen) atoms. The van der Waals surface area contributed by atoms with Gasteiger partial charge in [-0.2, -0.15) is 4.98 Å². The number of nitrogens with one attached hydrogen (secondary N) is 2. The molecule has 11 nitrogen and oxygen atoms in total. The summed E-state index contributed by atoms with van der Waals surface area (Å²) in [5.41, 5.74) is 8.71. The molecule has 1 aliphatic rings. The van der Waals surface area contributed by atoms with Gasteiger partial charge in [-0.25, -0.2) is 18.4 Å². The third kappa shape index (κ3) is 5.39. The van der Waals surface area contributed by atoms with Crippen LogP contribution in [0.5, 0.6) is 0 Å². The number of hydrogen-bond donors (Lipinski definition) is 3. The molecule has 0 bridgehead atoms. The Morgan fingerprint density at radius 3 is 2.63 bits per heavy atom. The SMILES string of the molecule is CS(=O)(=O)Nc1cc(N)ncc1-c1cc(Nc2cnc3ccccc3c2)nc(N2CCOCC2)n1. The number of nitrogen functional groups attached to an aromatic ring is 1. The molecule has 0 unspecified atom stereocenters. The highest BCUT2D eigenvalue weighted by Crippen LogP contribution is 2.32. The van der Waals surface area contributed by atoms with Crippen molar-refractivity contribution in [3.63, 3.8) is 0 Å². The molecule has 1 saturated heterocycles. The Balaban J connectivity index is 1.59. The molecule has 0 spiro atoms. The molecule has 0 radical (unpaired) electrons. The van der Waals surface area contributed by atoms with E-state index in [9.17, 15) is 8.42 Å². The lowest BCUT2D eigenvalue weighted by atomic mass is 10.1. The van der Waals surface area contributed by atoms with E-state index in [0.29, 0.717) is 49.3 Å². The zero-order chi connectivity index (χ0) is 24.4. The molecule has 0 saturated carbocycles. The van der Waals surface area contributed by atoms with Crippen LogP contribution in [0, 0.1) is 0 Å². The Morgan fingerprint density at radius 1 is 1.03 bits per heavy atom. The molecule has 4 heterocycles. The van der Waals surface area contributed by atoms with Gasteiger partial charge < -0.3 is 20.7 Å². The van der Waals surface area contributed by atoms with Crippen molar-refractivity contribution in [3.8, 4) is 11.3 Å². The number of fused-ring (bicyclic) bond motifs is 1. The number of anilines is 5. The molecule has 1 aromatic carbocycles. The number of rotatable bonds is 6. The summed E-state index contributed by atoms with van der Waals surface area (Å²) in [7, 11) is -3.56. The summed E-state index contributed by atoms with van der Waals surface area (Å²) in [5, 5.41) is 4.30. The highest BCUT2D eigenvalue weighted by Gasteiger charge is 2.19. The summed E-state index contributed by atoms with van der Waals surface area (Å²) in [5.74, 6) is 1.20. The van der Waals surface area contributed by atoms with E-state index >= 15 is 0 Å². The molecule has 12 heteroatoms. The Kier molecular flexibility index (Phi) is 6.05. The van der Waals surface area contributed by atoms with Crippen LogP contribution in [0.3, 0.4) is 0 Å². The topological polar surface area (TPSA) is 148 Å². The highest BCUT2D eigenvalue weighted by molar-refractivity contribution is 7.92. The smallest absolute Gasteiger partial charge is 0.229 e. The molecule has 3 aromatic heterocycles. The van der Waals surface area contributed by atoms with Crippen LogP contribution in [-0.2, 0) is 14.8 Å². The molecule has 0 aliphatic carbocycles. The van der Waals surface area contributed by atoms with Gasteiger partial charge in [0.25, 0.3) is 0 Å². The largest absolute Gasteiger partial charge is 0.384 e. The average molecular weight is 493 g/mol. The van der Waals surface area contributed by atoms with E-state index in [-0.39, 0.29) is 11.5 Å². The van der Waals surface area contributed by atoms with Gasteiger partial charge in [-0.1, -0.05) is 18.2 Å². The molecule has 0 atom stereocenters. The first-order valence-electron chi connectivity index (χ1n) is 10.9. The molecular weight excluding hydrogens is 468 g/mol. The van der Waals surface area contributed by atoms with Gasteiger partial charge in [0, 0.05) is 42.4 Å². The summed E-state index contributed by atoms with van der Waals surface area (Å²) in [6.45, 7) is 2.40. The predicted octanol–water partition coefficient (Wildman–Crippen LogP) is 2.62. The minimum absolute atomic E-state index is 0.183. The molecule has 1 fully saturated rings. The normalized spacial score (nSPS) is 14.1. The van der Waals surface area contributed by atoms with E-state index in [4.69, 9.17) is 20.4 Å². The number of pyridine rings is 2. The fourth-order valence-electron chi connectivity index (χ4n) is 3.79. The number of para-hydroxylation sites is 1. The molecule has 0 amide bonds. The van der Waals surface area contributed by atoms with Crippen molar-refractivity contribution in [3.05, 3.63) is 54.9 Å². The third-order valence-corrected chi connectivity index (χ3v) is 5.96. The maximum atomic E-state index is 12.0. The van der Waals surface area contributed by atoms with Crippen molar-refractivity contribution >= 4 is 49.9 Å². The number of nitrogens with zero attached hydrogens (tertiary/aromatic N) is 5. The molecule has 4 aromatic rings. The standard InChI is InChI=1S/C23H24N8O3S/c1-35(32,33)30-20-11-21(24)26-14-17(20)19-12-22(29-23(28-19)31-6-8-34-9-7-31)27-16-10-15-4-2-3-5-18(15)25-13-16/h2-5,10-14H,6-9H2,1H3,(H3,24,26,30)(H,27,28,29). The maximum absolute atomic E-state index is 12.0. The second-order valence-corrected chi connectivity index (χ2v) is 9.86. The molecular formula is C23H24N8O3S. The summed E-state index contributed by atoms with van der Waals surface area (Å²) in [6, 6.07) is 13.0. The van der Waals surface area contributed by atoms with Gasteiger partial charge in [-0.05, 0) is 12.1 Å². The van der Waals surface area contributed by atoms with Crippen LogP contribution in [0.1, 0.15) is 0 Å². The summed E-state index contributed by atoms with van der Waals surface area (Å²) < 4.78 is 31.9. The lowest BCUT2D eigenvalue weighted by Crippen LogP contribution is -2.37. The fraction of sp³-hybridized carbons (Fsp3) is 0.217. The maximum Gasteiger partial charge on any atom is 0.229 e. The van der Waals surface area contributed by atoms with Crippen LogP contribution >= 0.6 is 0 Å². The lowest BCUT2D eigenvalue weighted by molar-refractivity contribution is 0.122. The van der Waals surface area contributed by atoms with E-state index in [1.165, 1.54) is 12.3 Å². The van der Waals surface area contributed by atoms with Gasteiger partial charge in [0.2, 0.25) is 16.0 Å². The zero-order valence-electron chi connectivity index (χ0n) is 19.0. The van der Waals surface area contributed by atoms with Crippen molar-refractivity contribution in [2.24, 2.45) is 0 Å². The van der Waals surface area contributed by atoms with Crippen LogP contribution in [-0.4, -0.2) is 60.9 Å². The average Bonchev–Trinajstić information content (AvgIpc) is 2.83. The number of benzene rings is 1. The number of hydrogen-bond acceptors (Lipinski definition) is 10. The number of morpholine rings is 1. The van der Waals surface area contributed by atoms with Gasteiger partial charge >= 0.3 is 0 Å². The first-order valence-corrected chi connectivity index (χ1v) is 12.8. The van der Waals surface area contributed by atoms with Gasteiger partial charge in [-0.15, -0.1) is 0 Å². The third-order valence-electron chi connectivity index (χ3n) is 5.37. The lowest BCUT2D eigenvalue weighted by Gasteiger charge is -2.27. The second kappa shape index (κ2) is 9.31. The summed E-state index contributed by atoms with van der Waals surface area (Å²) in [6.07, 6.45) is 4.31. The van der Waals surface area contributed by atoms with Crippen LogP contribution in [0.25, 0.3) is 22.2 Å². The molecule has 1 aliphatic heterocycles. The Bertz CT molecular complexity index is 1490. The van der Waals surface area contributed by atoms with E-state index in [0.717, 1.165) is 22.8 Å². The van der Waals surface area contributed by atoms with Crippen molar-refractivity contribution in [2.75, 3.05) is 53.2 Å². The Labute approximate surface area is 202 Å². The summed E-state index contributed by atoms with van der Waals surface area (Å²) in [4.78, 5) is 20.1. The second-order valence-electron chi connectivity index (χ2n) is 8.11. The first kappa shape index (κ1) is 22.7.